The molecule has 27 heavy (non-hydrogen) atoms. The molecule has 0 aromatic carbocycles. The van der Waals surface area contributed by atoms with Crippen LogP contribution in [0.1, 0.15) is 98.8 Å². The van der Waals surface area contributed by atoms with E-state index in [2.05, 4.69) is 34.6 Å². The number of hydrogen-bond donors (Lipinski definition) is 2. The smallest absolute Gasteiger partial charge is 0.0622 e. The molecule has 0 amide bonds. The summed E-state index contributed by atoms with van der Waals surface area (Å²) < 4.78 is 0. The molecule has 0 aliphatic heterocycles. The molecule has 4 rings (SSSR count). The Kier molecular flexibility index (Phi) is 5.03. The van der Waals surface area contributed by atoms with Crippen LogP contribution in [0.5, 0.6) is 0 Å². The van der Waals surface area contributed by atoms with Crippen molar-refractivity contribution in [3.8, 4) is 0 Å². The molecule has 0 aromatic rings. The van der Waals surface area contributed by atoms with Gasteiger partial charge in [0.25, 0.3) is 0 Å². The predicted octanol–water partition coefficient (Wildman–Crippen LogP) is 5.80. The van der Waals surface area contributed by atoms with Gasteiger partial charge in [0.15, 0.2) is 0 Å². The second kappa shape index (κ2) is 6.73. The summed E-state index contributed by atoms with van der Waals surface area (Å²) in [5.74, 6) is 4.38. The van der Waals surface area contributed by atoms with Gasteiger partial charge >= 0.3 is 0 Å². The molecule has 2 nitrogen and oxygen atoms in total. The van der Waals surface area contributed by atoms with Gasteiger partial charge in [-0.25, -0.2) is 0 Å². The van der Waals surface area contributed by atoms with Gasteiger partial charge in [-0.2, -0.15) is 0 Å². The van der Waals surface area contributed by atoms with Gasteiger partial charge in [0.05, 0.1) is 11.7 Å². The molecule has 156 valence electrons. The number of aliphatic hydroxyl groups is 2. The summed E-state index contributed by atoms with van der Waals surface area (Å²) >= 11 is 0. The highest BCUT2D eigenvalue weighted by atomic mass is 16.3. The zero-order valence-corrected chi connectivity index (χ0v) is 18.5. The van der Waals surface area contributed by atoms with Crippen LogP contribution in [0.2, 0.25) is 0 Å². The lowest BCUT2D eigenvalue weighted by Crippen LogP contribution is -2.58. The van der Waals surface area contributed by atoms with Crippen molar-refractivity contribution in [2.45, 2.75) is 111 Å². The number of rotatable bonds is 1. The molecule has 0 bridgehead atoms. The van der Waals surface area contributed by atoms with Crippen LogP contribution in [0.15, 0.2) is 0 Å². The molecule has 2 heteroatoms. The van der Waals surface area contributed by atoms with E-state index in [4.69, 9.17) is 0 Å². The van der Waals surface area contributed by atoms with E-state index in [9.17, 15) is 10.2 Å². The van der Waals surface area contributed by atoms with E-state index in [1.807, 2.05) is 0 Å². The van der Waals surface area contributed by atoms with E-state index in [-0.39, 0.29) is 6.10 Å². The lowest BCUT2D eigenvalue weighted by atomic mass is 9.41. The Hall–Kier alpha value is -0.0800. The van der Waals surface area contributed by atoms with E-state index in [1.54, 1.807) is 0 Å². The molecule has 0 heterocycles. The Morgan fingerprint density at radius 3 is 2.30 bits per heavy atom. The summed E-state index contributed by atoms with van der Waals surface area (Å²) in [7, 11) is 0. The number of aliphatic hydroxyl groups excluding tert-OH is 1. The van der Waals surface area contributed by atoms with Crippen LogP contribution in [0.3, 0.4) is 0 Å². The molecule has 4 fully saturated rings. The van der Waals surface area contributed by atoms with E-state index in [0.29, 0.717) is 16.7 Å². The van der Waals surface area contributed by atoms with Crippen LogP contribution >= 0.6 is 0 Å². The van der Waals surface area contributed by atoms with Gasteiger partial charge in [0, 0.05) is 0 Å². The fraction of sp³-hybridized carbons (Fsp3) is 1.00. The van der Waals surface area contributed by atoms with Gasteiger partial charge in [-0.1, -0.05) is 27.2 Å². The van der Waals surface area contributed by atoms with Gasteiger partial charge in [0.2, 0.25) is 0 Å². The van der Waals surface area contributed by atoms with Crippen LogP contribution in [-0.4, -0.2) is 21.9 Å². The Balaban J connectivity index is 1.66. The first-order chi connectivity index (χ1) is 12.6. The summed E-state index contributed by atoms with van der Waals surface area (Å²) in [5.41, 5.74) is 0.318. The maximum absolute atomic E-state index is 10.7. The summed E-state index contributed by atoms with van der Waals surface area (Å²) in [6, 6.07) is 0. The molecule has 4 aliphatic rings. The largest absolute Gasteiger partial charge is 0.393 e. The summed E-state index contributed by atoms with van der Waals surface area (Å²) in [6.45, 7) is 11.7. The first-order valence-corrected chi connectivity index (χ1v) is 12.0. The van der Waals surface area contributed by atoms with Crippen molar-refractivity contribution in [3.63, 3.8) is 0 Å². The zero-order valence-electron chi connectivity index (χ0n) is 18.5. The van der Waals surface area contributed by atoms with E-state index in [0.717, 1.165) is 42.4 Å². The Bertz CT molecular complexity index is 555. The maximum atomic E-state index is 10.7. The van der Waals surface area contributed by atoms with Crippen molar-refractivity contribution in [2.24, 2.45) is 46.3 Å². The molecule has 0 radical (unpaired) electrons. The lowest BCUT2D eigenvalue weighted by molar-refractivity contribution is -0.168. The minimum Gasteiger partial charge on any atom is -0.393 e. The van der Waals surface area contributed by atoms with Crippen LogP contribution in [0, 0.1) is 46.3 Å². The molecule has 4 saturated carbocycles. The Morgan fingerprint density at radius 1 is 0.889 bits per heavy atom. The van der Waals surface area contributed by atoms with Crippen molar-refractivity contribution in [3.05, 3.63) is 0 Å². The highest BCUT2D eigenvalue weighted by molar-refractivity contribution is 5.10. The fourth-order valence-corrected chi connectivity index (χ4v) is 9.04. The molecule has 0 aromatic heterocycles. The van der Waals surface area contributed by atoms with Gasteiger partial charge in [-0.05, 0) is 118 Å². The van der Waals surface area contributed by atoms with E-state index < -0.39 is 5.60 Å². The Labute approximate surface area is 167 Å². The summed E-state index contributed by atoms with van der Waals surface area (Å²) in [6.07, 6.45) is 12.3. The number of hydrogen-bond acceptors (Lipinski definition) is 2. The maximum Gasteiger partial charge on any atom is 0.0622 e. The van der Waals surface area contributed by atoms with Crippen LogP contribution in [0.4, 0.5) is 0 Å². The van der Waals surface area contributed by atoms with Gasteiger partial charge in [-0.15, -0.1) is 0 Å². The van der Waals surface area contributed by atoms with Gasteiger partial charge in [-0.3, -0.25) is 0 Å². The van der Waals surface area contributed by atoms with Crippen molar-refractivity contribution in [1.82, 2.24) is 0 Å². The van der Waals surface area contributed by atoms with Crippen LogP contribution in [0.25, 0.3) is 0 Å². The van der Waals surface area contributed by atoms with Gasteiger partial charge in [0.1, 0.15) is 0 Å². The van der Waals surface area contributed by atoms with E-state index >= 15 is 0 Å². The molecular formula is C25H44O2. The standard InChI is InChI=1S/C25H44O2/c1-16-6-7-22-24(4)12-8-18-15-23(3,27)11-9-19(18)20(24)10-13-25(22,5)21(14-16)17(2)26/h16-22,26-27H,6-15H2,1-5H3/t16-,17?,18+,19-,20+,21?,22-,23+,24?,25?/m0/s1. The zero-order chi connectivity index (χ0) is 19.6. The molecular weight excluding hydrogens is 332 g/mol. The fourth-order valence-electron chi connectivity index (χ4n) is 9.04. The first kappa shape index (κ1) is 20.2. The SMILES string of the molecule is CC(O)C1C[C@@H](C)CC[C@@H]2C1(C)CC[C@@H]1[C@H]3CC[C@@](C)(O)C[C@H]3CCC12C. The second-order valence-corrected chi connectivity index (χ2v) is 12.2. The van der Waals surface area contributed by atoms with Gasteiger partial charge < -0.3 is 10.2 Å². The lowest BCUT2D eigenvalue weighted by Gasteiger charge is -2.64. The molecule has 2 N–H and O–H groups in total. The van der Waals surface area contributed by atoms with Crippen LogP contribution < -0.4 is 0 Å². The summed E-state index contributed by atoms with van der Waals surface area (Å²) in [5, 5.41) is 21.4. The highest BCUT2D eigenvalue weighted by Gasteiger charge is 2.61. The predicted molar refractivity (Wildman–Crippen MR) is 111 cm³/mol. The molecule has 4 aliphatic carbocycles. The first-order valence-electron chi connectivity index (χ1n) is 12.0. The Morgan fingerprint density at radius 2 is 1.59 bits per heavy atom. The van der Waals surface area contributed by atoms with Crippen molar-refractivity contribution < 1.29 is 10.2 Å². The monoisotopic (exact) mass is 376 g/mol. The molecule has 0 saturated heterocycles. The quantitative estimate of drug-likeness (QED) is 0.607. The summed E-state index contributed by atoms with van der Waals surface area (Å²) in [4.78, 5) is 0. The van der Waals surface area contributed by atoms with E-state index in [1.165, 1.54) is 51.4 Å². The highest BCUT2D eigenvalue weighted by Crippen LogP contribution is 2.68. The number of fused-ring (bicyclic) bond motifs is 5. The minimum absolute atomic E-state index is 0.181. The minimum atomic E-state index is -0.423. The third-order valence-corrected chi connectivity index (χ3v) is 10.4. The van der Waals surface area contributed by atoms with Crippen LogP contribution in [-0.2, 0) is 0 Å². The van der Waals surface area contributed by atoms with Crippen molar-refractivity contribution >= 4 is 0 Å². The average Bonchev–Trinajstić information content (AvgIpc) is 2.71. The van der Waals surface area contributed by atoms with Crippen molar-refractivity contribution in [1.29, 1.82) is 0 Å². The average molecular weight is 377 g/mol. The van der Waals surface area contributed by atoms with Crippen molar-refractivity contribution in [2.75, 3.05) is 0 Å². The third kappa shape index (κ3) is 3.21. The third-order valence-electron chi connectivity index (χ3n) is 10.4. The normalized spacial score (nSPS) is 57.0. The molecule has 0 spiro atoms. The molecule has 10 atom stereocenters. The topological polar surface area (TPSA) is 40.5 Å². The molecule has 4 unspecified atom stereocenters. The second-order valence-electron chi connectivity index (χ2n) is 12.2.